The highest BCUT2D eigenvalue weighted by Crippen LogP contribution is 2.66. The van der Waals surface area contributed by atoms with Crippen molar-refractivity contribution >= 4 is 9.84 Å². The molecule has 4 unspecified atom stereocenters. The zero-order chi connectivity index (χ0) is 17.7. The van der Waals surface area contributed by atoms with E-state index < -0.39 is 9.84 Å². The van der Waals surface area contributed by atoms with E-state index in [9.17, 15) is 12.8 Å². The van der Waals surface area contributed by atoms with Crippen molar-refractivity contribution in [1.82, 2.24) is 0 Å². The average Bonchev–Trinajstić information content (AvgIpc) is 3.26. The highest BCUT2D eigenvalue weighted by molar-refractivity contribution is 7.91. The van der Waals surface area contributed by atoms with Crippen molar-refractivity contribution in [2.75, 3.05) is 6.26 Å². The van der Waals surface area contributed by atoms with E-state index in [1.165, 1.54) is 37.5 Å². The Hall–Kier alpha value is -0.900. The first-order chi connectivity index (χ1) is 11.9. The van der Waals surface area contributed by atoms with Gasteiger partial charge in [0.25, 0.3) is 0 Å². The van der Waals surface area contributed by atoms with E-state index in [0.717, 1.165) is 32.1 Å². The van der Waals surface area contributed by atoms with Crippen molar-refractivity contribution in [1.29, 1.82) is 0 Å². The van der Waals surface area contributed by atoms with Gasteiger partial charge in [0.15, 0.2) is 0 Å². The van der Waals surface area contributed by atoms with Crippen LogP contribution in [0.4, 0.5) is 4.39 Å². The van der Waals surface area contributed by atoms with Crippen LogP contribution < -0.4 is 0 Å². The van der Waals surface area contributed by atoms with Gasteiger partial charge in [0.1, 0.15) is 15.7 Å². The predicted molar refractivity (Wildman–Crippen MR) is 98.7 cm³/mol. The maximum absolute atomic E-state index is 13.3. The van der Waals surface area contributed by atoms with Crippen molar-refractivity contribution in [2.24, 2.45) is 17.3 Å². The van der Waals surface area contributed by atoms with Crippen LogP contribution in [0.1, 0.15) is 69.3 Å². The van der Waals surface area contributed by atoms with Gasteiger partial charge in [-0.3, -0.25) is 0 Å². The molecule has 0 aliphatic heterocycles. The van der Waals surface area contributed by atoms with Crippen LogP contribution in [-0.2, 0) is 9.84 Å². The van der Waals surface area contributed by atoms with Crippen molar-refractivity contribution in [3.05, 3.63) is 35.6 Å². The quantitative estimate of drug-likeness (QED) is 0.700. The predicted octanol–water partition coefficient (Wildman–Crippen LogP) is 5.09. The normalized spacial score (nSPS) is 34.8. The summed E-state index contributed by atoms with van der Waals surface area (Å²) in [6.07, 6.45) is 11.5. The maximum Gasteiger partial charge on any atom is 0.150 e. The summed E-state index contributed by atoms with van der Waals surface area (Å²) in [5.41, 5.74) is 1.84. The lowest BCUT2D eigenvalue weighted by Crippen LogP contribution is -2.20. The lowest BCUT2D eigenvalue weighted by Gasteiger charge is -2.28. The average molecular weight is 365 g/mol. The molecule has 0 bridgehead atoms. The molecular formula is C21H29FO2S. The second-order valence-corrected chi connectivity index (χ2v) is 11.3. The van der Waals surface area contributed by atoms with Crippen molar-refractivity contribution < 1.29 is 12.8 Å². The van der Waals surface area contributed by atoms with Crippen LogP contribution in [0.15, 0.2) is 24.3 Å². The Kier molecular flexibility index (Phi) is 4.46. The minimum atomic E-state index is -2.92. The summed E-state index contributed by atoms with van der Waals surface area (Å²) in [7, 11) is -2.92. The lowest BCUT2D eigenvalue weighted by atomic mass is 9.77. The second-order valence-electron chi connectivity index (χ2n) is 8.95. The molecule has 3 aliphatic carbocycles. The van der Waals surface area contributed by atoms with E-state index in [4.69, 9.17) is 0 Å². The number of rotatable bonds is 3. The highest BCUT2D eigenvalue weighted by atomic mass is 32.2. The molecule has 0 radical (unpaired) electrons. The SMILES string of the molecule is CS(=O)(=O)C1CCCC(C2CC3(CC3)CC2c2ccc(F)cc2)CC1. The van der Waals surface area contributed by atoms with E-state index >= 15 is 0 Å². The molecular weight excluding hydrogens is 335 g/mol. The molecule has 3 aliphatic rings. The Balaban J connectivity index is 1.54. The summed E-state index contributed by atoms with van der Waals surface area (Å²) in [6, 6.07) is 7.14. The standard InChI is InChI=1S/C21H29FO2S/c1-25(23,24)18-4-2-3-15(7-10-18)19-13-21(11-12-21)14-20(19)16-5-8-17(22)9-6-16/h5-6,8-9,15,18-20H,2-4,7,10-14H2,1H3. The largest absolute Gasteiger partial charge is 0.229 e. The molecule has 3 saturated carbocycles. The van der Waals surface area contributed by atoms with Gasteiger partial charge >= 0.3 is 0 Å². The molecule has 1 aromatic carbocycles. The molecule has 1 spiro atoms. The van der Waals surface area contributed by atoms with Crippen LogP contribution in [0.25, 0.3) is 0 Å². The molecule has 0 heterocycles. The molecule has 25 heavy (non-hydrogen) atoms. The first-order valence-electron chi connectivity index (χ1n) is 9.81. The van der Waals surface area contributed by atoms with Gasteiger partial charge in [-0.1, -0.05) is 25.0 Å². The van der Waals surface area contributed by atoms with E-state index in [-0.39, 0.29) is 11.1 Å². The lowest BCUT2D eigenvalue weighted by molar-refractivity contribution is 0.272. The fourth-order valence-electron chi connectivity index (χ4n) is 5.65. The van der Waals surface area contributed by atoms with Crippen LogP contribution in [0.3, 0.4) is 0 Å². The zero-order valence-electron chi connectivity index (χ0n) is 15.1. The topological polar surface area (TPSA) is 34.1 Å². The Labute approximate surface area is 151 Å². The van der Waals surface area contributed by atoms with Gasteiger partial charge in [-0.2, -0.15) is 0 Å². The fourth-order valence-corrected chi connectivity index (χ4v) is 6.81. The van der Waals surface area contributed by atoms with Gasteiger partial charge in [0, 0.05) is 6.26 Å². The van der Waals surface area contributed by atoms with Crippen molar-refractivity contribution in [2.45, 2.75) is 69.0 Å². The van der Waals surface area contributed by atoms with E-state index in [1.807, 2.05) is 12.1 Å². The van der Waals surface area contributed by atoms with Crippen molar-refractivity contribution in [3.8, 4) is 0 Å². The van der Waals surface area contributed by atoms with E-state index in [2.05, 4.69) is 0 Å². The smallest absolute Gasteiger partial charge is 0.150 e. The summed E-state index contributed by atoms with van der Waals surface area (Å²) >= 11 is 0. The number of hydrogen-bond donors (Lipinski definition) is 0. The summed E-state index contributed by atoms with van der Waals surface area (Å²) < 4.78 is 37.3. The molecule has 4 heteroatoms. The Bertz CT molecular complexity index is 721. The van der Waals surface area contributed by atoms with Crippen molar-refractivity contribution in [3.63, 3.8) is 0 Å². The number of halogens is 1. The van der Waals surface area contributed by atoms with Crippen LogP contribution in [0, 0.1) is 23.1 Å². The summed E-state index contributed by atoms with van der Waals surface area (Å²) in [5.74, 6) is 1.64. The van der Waals surface area contributed by atoms with Gasteiger partial charge in [-0.05, 0) is 85.8 Å². The maximum atomic E-state index is 13.3. The number of hydrogen-bond acceptors (Lipinski definition) is 2. The summed E-state index contributed by atoms with van der Waals surface area (Å²) in [5, 5.41) is -0.141. The van der Waals surface area contributed by atoms with Crippen LogP contribution in [0.2, 0.25) is 0 Å². The molecule has 0 amide bonds. The molecule has 0 saturated heterocycles. The first kappa shape index (κ1) is 17.5. The molecule has 3 fully saturated rings. The first-order valence-corrected chi connectivity index (χ1v) is 11.8. The van der Waals surface area contributed by atoms with Gasteiger partial charge in [0.05, 0.1) is 5.25 Å². The minimum Gasteiger partial charge on any atom is -0.229 e. The monoisotopic (exact) mass is 364 g/mol. The Morgan fingerprint density at radius 3 is 2.36 bits per heavy atom. The Morgan fingerprint density at radius 2 is 1.72 bits per heavy atom. The van der Waals surface area contributed by atoms with E-state index in [1.54, 1.807) is 12.1 Å². The summed E-state index contributed by atoms with van der Waals surface area (Å²) in [6.45, 7) is 0. The zero-order valence-corrected chi connectivity index (χ0v) is 15.9. The molecule has 4 rings (SSSR count). The van der Waals surface area contributed by atoms with Gasteiger partial charge in [-0.15, -0.1) is 0 Å². The van der Waals surface area contributed by atoms with Gasteiger partial charge in [0.2, 0.25) is 0 Å². The molecule has 0 aromatic heterocycles. The van der Waals surface area contributed by atoms with Crippen LogP contribution in [0.5, 0.6) is 0 Å². The molecule has 4 atom stereocenters. The number of sulfone groups is 1. The Morgan fingerprint density at radius 1 is 1.00 bits per heavy atom. The molecule has 138 valence electrons. The van der Waals surface area contributed by atoms with Crippen LogP contribution >= 0.6 is 0 Å². The van der Waals surface area contributed by atoms with Crippen LogP contribution in [-0.4, -0.2) is 19.9 Å². The fraction of sp³-hybridized carbons (Fsp3) is 0.714. The highest BCUT2D eigenvalue weighted by Gasteiger charge is 2.54. The summed E-state index contributed by atoms with van der Waals surface area (Å²) in [4.78, 5) is 0. The molecule has 0 N–H and O–H groups in total. The van der Waals surface area contributed by atoms with E-state index in [0.29, 0.717) is 23.2 Å². The minimum absolute atomic E-state index is 0.141. The second kappa shape index (κ2) is 6.37. The third-order valence-electron chi connectivity index (χ3n) is 7.27. The number of benzene rings is 1. The molecule has 2 nitrogen and oxygen atoms in total. The molecule has 1 aromatic rings. The van der Waals surface area contributed by atoms with Gasteiger partial charge < -0.3 is 0 Å². The third-order valence-corrected chi connectivity index (χ3v) is 8.95. The van der Waals surface area contributed by atoms with Gasteiger partial charge in [-0.25, -0.2) is 12.8 Å². The third kappa shape index (κ3) is 3.65.